The third-order valence-corrected chi connectivity index (χ3v) is 6.11. The van der Waals surface area contributed by atoms with Gasteiger partial charge in [-0.3, -0.25) is 9.59 Å². The fraction of sp³-hybridized carbons (Fsp3) is 0.682. The van der Waals surface area contributed by atoms with Crippen LogP contribution in [0.25, 0.3) is 0 Å². The van der Waals surface area contributed by atoms with E-state index in [0.717, 1.165) is 19.3 Å². The van der Waals surface area contributed by atoms with Crippen LogP contribution in [0.4, 0.5) is 0 Å². The van der Waals surface area contributed by atoms with Crippen LogP contribution in [0.2, 0.25) is 0 Å². The molecule has 4 aliphatic rings. The second kappa shape index (κ2) is 7.81. The van der Waals surface area contributed by atoms with Crippen LogP contribution in [0.15, 0.2) is 23.3 Å². The molecule has 0 N–H and O–H groups in total. The van der Waals surface area contributed by atoms with Crippen molar-refractivity contribution in [3.63, 3.8) is 0 Å². The molecule has 0 bridgehead atoms. The first-order chi connectivity index (χ1) is 14.1. The van der Waals surface area contributed by atoms with Gasteiger partial charge in [-0.2, -0.15) is 0 Å². The number of carbonyl (C=O) groups is 3. The topological polar surface area (TPSA) is 97.4 Å². The predicted molar refractivity (Wildman–Crippen MR) is 102 cm³/mol. The smallest absolute Gasteiger partial charge is 0.336 e. The van der Waals surface area contributed by atoms with Crippen molar-refractivity contribution in [2.45, 2.75) is 78.4 Å². The minimum absolute atomic E-state index is 0.156. The van der Waals surface area contributed by atoms with Crippen LogP contribution in [0, 0.1) is 17.3 Å². The standard InChI is InChI=1S/C22H28O8/c1-11(23)26-17-16-15-14(8-7-13-6-5-9-22(3,4)10-13)18(25)28-19(15)29-20(16)30-21(17)27-12(2)24/h8,10,15-17,19-21H,5-7,9H2,1-4H3/b14-8-/t15-,16-,17-,19+,20+,21-/m0/s1. The molecule has 0 amide bonds. The van der Waals surface area contributed by atoms with E-state index in [1.54, 1.807) is 0 Å². The molecular weight excluding hydrogens is 392 g/mol. The normalized spacial score (nSPS) is 37.9. The average molecular weight is 420 g/mol. The highest BCUT2D eigenvalue weighted by Gasteiger charge is 2.64. The summed E-state index contributed by atoms with van der Waals surface area (Å²) in [6.07, 6.45) is 4.57. The fourth-order valence-corrected chi connectivity index (χ4v) is 4.97. The second-order valence-electron chi connectivity index (χ2n) is 9.08. The summed E-state index contributed by atoms with van der Waals surface area (Å²) < 4.78 is 27.4. The monoisotopic (exact) mass is 420 g/mol. The molecule has 3 saturated heterocycles. The van der Waals surface area contributed by atoms with Gasteiger partial charge in [0.25, 0.3) is 0 Å². The molecule has 0 radical (unpaired) electrons. The molecule has 3 aliphatic heterocycles. The van der Waals surface area contributed by atoms with Gasteiger partial charge in [-0.1, -0.05) is 31.6 Å². The molecule has 0 aromatic carbocycles. The molecule has 0 aromatic rings. The molecule has 0 saturated carbocycles. The van der Waals surface area contributed by atoms with E-state index < -0.39 is 54.7 Å². The number of fused-ring (bicyclic) bond motifs is 3. The molecule has 0 aromatic heterocycles. The Balaban J connectivity index is 1.58. The molecule has 8 nitrogen and oxygen atoms in total. The minimum atomic E-state index is -1.08. The molecule has 0 unspecified atom stereocenters. The summed E-state index contributed by atoms with van der Waals surface area (Å²) in [5, 5.41) is 0. The van der Waals surface area contributed by atoms with Crippen molar-refractivity contribution in [2.75, 3.05) is 0 Å². The van der Waals surface area contributed by atoms with Crippen LogP contribution in [0.3, 0.4) is 0 Å². The summed E-state index contributed by atoms with van der Waals surface area (Å²) in [5.41, 5.74) is 1.95. The second-order valence-corrected chi connectivity index (χ2v) is 9.08. The summed E-state index contributed by atoms with van der Waals surface area (Å²) >= 11 is 0. The predicted octanol–water partition coefficient (Wildman–Crippen LogP) is 2.76. The molecule has 3 fully saturated rings. The van der Waals surface area contributed by atoms with E-state index in [9.17, 15) is 14.4 Å². The van der Waals surface area contributed by atoms with Gasteiger partial charge in [-0.15, -0.1) is 0 Å². The van der Waals surface area contributed by atoms with Crippen molar-refractivity contribution in [2.24, 2.45) is 17.3 Å². The number of carbonyl (C=O) groups excluding carboxylic acids is 3. The van der Waals surface area contributed by atoms with E-state index in [1.807, 2.05) is 6.08 Å². The number of rotatable bonds is 4. The zero-order valence-electron chi connectivity index (χ0n) is 17.7. The maximum atomic E-state index is 12.5. The Kier molecular flexibility index (Phi) is 5.48. The van der Waals surface area contributed by atoms with Crippen LogP contribution in [0.5, 0.6) is 0 Å². The largest absolute Gasteiger partial charge is 0.455 e. The highest BCUT2D eigenvalue weighted by Crippen LogP contribution is 2.51. The van der Waals surface area contributed by atoms with E-state index in [2.05, 4.69) is 19.9 Å². The third-order valence-electron chi connectivity index (χ3n) is 6.11. The summed E-state index contributed by atoms with van der Waals surface area (Å²) in [7, 11) is 0. The Bertz CT molecular complexity index is 810. The van der Waals surface area contributed by atoms with Crippen molar-refractivity contribution in [3.8, 4) is 0 Å². The van der Waals surface area contributed by atoms with E-state index in [0.29, 0.717) is 12.0 Å². The Morgan fingerprint density at radius 1 is 1.17 bits per heavy atom. The van der Waals surface area contributed by atoms with Crippen molar-refractivity contribution in [1.29, 1.82) is 0 Å². The Morgan fingerprint density at radius 2 is 1.90 bits per heavy atom. The molecule has 0 spiro atoms. The van der Waals surface area contributed by atoms with Gasteiger partial charge in [0, 0.05) is 19.4 Å². The Morgan fingerprint density at radius 3 is 2.57 bits per heavy atom. The van der Waals surface area contributed by atoms with E-state index in [1.165, 1.54) is 19.4 Å². The summed E-state index contributed by atoms with van der Waals surface area (Å²) in [6.45, 7) is 6.95. The fourth-order valence-electron chi connectivity index (χ4n) is 4.97. The first kappa shape index (κ1) is 21.1. The van der Waals surface area contributed by atoms with Crippen LogP contribution < -0.4 is 0 Å². The molecule has 30 heavy (non-hydrogen) atoms. The Hall–Kier alpha value is -2.19. The molecule has 4 rings (SSSR count). The molecule has 3 heterocycles. The van der Waals surface area contributed by atoms with Gasteiger partial charge in [0.1, 0.15) is 0 Å². The zero-order chi connectivity index (χ0) is 21.6. The van der Waals surface area contributed by atoms with Crippen molar-refractivity contribution in [3.05, 3.63) is 23.3 Å². The van der Waals surface area contributed by atoms with Crippen molar-refractivity contribution in [1.82, 2.24) is 0 Å². The van der Waals surface area contributed by atoms with Gasteiger partial charge in [0.05, 0.1) is 11.8 Å². The van der Waals surface area contributed by atoms with Crippen molar-refractivity contribution < 1.29 is 38.1 Å². The first-order valence-corrected chi connectivity index (χ1v) is 10.4. The number of ether oxygens (including phenoxy) is 5. The SMILES string of the molecule is CC(=O)O[C@H]1O[C@H]2O[C@H]3OC(=O)/C(=C\CC4=CC(C)(C)CCC4)[C@H]3[C@H]2[C@@H]1OC(C)=O. The van der Waals surface area contributed by atoms with Gasteiger partial charge in [-0.05, 0) is 31.1 Å². The molecule has 1 aliphatic carbocycles. The van der Waals surface area contributed by atoms with Gasteiger partial charge in [-0.25, -0.2) is 4.79 Å². The van der Waals surface area contributed by atoms with Gasteiger partial charge >= 0.3 is 17.9 Å². The number of hydrogen-bond donors (Lipinski definition) is 0. The molecule has 164 valence electrons. The molecule has 8 heteroatoms. The highest BCUT2D eigenvalue weighted by molar-refractivity contribution is 5.91. The Labute approximate surface area is 175 Å². The lowest BCUT2D eigenvalue weighted by Gasteiger charge is -2.27. The van der Waals surface area contributed by atoms with Crippen LogP contribution >= 0.6 is 0 Å². The summed E-state index contributed by atoms with van der Waals surface area (Å²) in [5.74, 6) is -2.48. The number of hydrogen-bond acceptors (Lipinski definition) is 8. The lowest BCUT2D eigenvalue weighted by atomic mass is 9.78. The minimum Gasteiger partial charge on any atom is -0.455 e. The highest BCUT2D eigenvalue weighted by atomic mass is 16.8. The zero-order valence-corrected chi connectivity index (χ0v) is 17.7. The number of esters is 3. The van der Waals surface area contributed by atoms with Crippen LogP contribution in [-0.4, -0.2) is 42.9 Å². The van der Waals surface area contributed by atoms with Gasteiger partial charge in [0.2, 0.25) is 12.6 Å². The quantitative estimate of drug-likeness (QED) is 0.296. The van der Waals surface area contributed by atoms with Crippen LogP contribution in [-0.2, 0) is 38.1 Å². The number of allylic oxidation sites excluding steroid dienone is 3. The maximum absolute atomic E-state index is 12.5. The van der Waals surface area contributed by atoms with Crippen LogP contribution in [0.1, 0.15) is 53.4 Å². The lowest BCUT2D eigenvalue weighted by Crippen LogP contribution is -2.38. The summed E-state index contributed by atoms with van der Waals surface area (Å²) in [6, 6.07) is 0. The van der Waals surface area contributed by atoms with E-state index in [4.69, 9.17) is 23.7 Å². The molecule has 6 atom stereocenters. The first-order valence-electron chi connectivity index (χ1n) is 10.4. The average Bonchev–Trinajstić information content (AvgIpc) is 3.20. The molecular formula is C22H28O8. The van der Waals surface area contributed by atoms with E-state index in [-0.39, 0.29) is 5.41 Å². The summed E-state index contributed by atoms with van der Waals surface area (Å²) in [4.78, 5) is 35.7. The van der Waals surface area contributed by atoms with Crippen molar-refractivity contribution >= 4 is 17.9 Å². The van der Waals surface area contributed by atoms with Gasteiger partial charge < -0.3 is 23.7 Å². The third kappa shape index (κ3) is 4.03. The lowest BCUT2D eigenvalue weighted by molar-refractivity contribution is -0.244. The van der Waals surface area contributed by atoms with E-state index >= 15 is 0 Å². The maximum Gasteiger partial charge on any atom is 0.336 e. The van der Waals surface area contributed by atoms with Gasteiger partial charge in [0.15, 0.2) is 12.4 Å².